The minimum Gasteiger partial charge on any atom is -0.459 e. The van der Waals surface area contributed by atoms with Gasteiger partial charge in [0.05, 0.1) is 11.0 Å². The maximum atomic E-state index is 12.6. The van der Waals surface area contributed by atoms with Crippen LogP contribution in [0.3, 0.4) is 0 Å². The highest BCUT2D eigenvalue weighted by atomic mass is 32.3. The average Bonchev–Trinajstić information content (AvgIpc) is 2.32. The molecule has 4 aliphatic carbocycles. The van der Waals surface area contributed by atoms with Crippen molar-refractivity contribution in [1.29, 1.82) is 0 Å². The highest BCUT2D eigenvalue weighted by Gasteiger charge is 2.63. The van der Waals surface area contributed by atoms with E-state index < -0.39 is 26.7 Å². The molecule has 4 saturated carbocycles. The molecule has 4 bridgehead atoms. The van der Waals surface area contributed by atoms with Crippen molar-refractivity contribution in [3.8, 4) is 0 Å². The van der Waals surface area contributed by atoms with Gasteiger partial charge in [-0.15, -0.1) is 0 Å². The monoisotopic (exact) mass is 363 g/mol. The van der Waals surface area contributed by atoms with E-state index in [-0.39, 0.29) is 17.8 Å². The summed E-state index contributed by atoms with van der Waals surface area (Å²) in [6.07, 6.45) is 4.59. The fourth-order valence-corrected chi connectivity index (χ4v) is 5.98. The predicted octanol–water partition coefficient (Wildman–Crippen LogP) is 2.63. The fourth-order valence-electron chi connectivity index (χ4n) is 5.12. The topological polar surface area (TPSA) is 119 Å². The van der Waals surface area contributed by atoms with E-state index in [4.69, 9.17) is 14.1 Å². The zero-order chi connectivity index (χ0) is 18.0. The Morgan fingerprint density at radius 1 is 1.21 bits per heavy atom. The minimum absolute atomic E-state index is 0.249. The van der Waals surface area contributed by atoms with Crippen molar-refractivity contribution in [2.45, 2.75) is 76.9 Å². The summed E-state index contributed by atoms with van der Waals surface area (Å²) in [5.74, 6) is 0.248. The van der Waals surface area contributed by atoms with Crippen LogP contribution >= 0.6 is 0 Å². The molecule has 0 saturated heterocycles. The first-order valence-corrected chi connectivity index (χ1v) is 10.5. The number of ether oxygens (including phenoxy) is 1. The molecule has 0 radical (unpaired) electrons. The van der Waals surface area contributed by atoms with Crippen LogP contribution in [0.15, 0.2) is 0 Å². The lowest BCUT2D eigenvalue weighted by Crippen LogP contribution is -2.65. The van der Waals surface area contributed by atoms with Gasteiger partial charge in [-0.3, -0.25) is 18.1 Å². The molecule has 4 fully saturated rings. The van der Waals surface area contributed by atoms with Crippen LogP contribution in [-0.2, 0) is 23.8 Å². The van der Waals surface area contributed by atoms with E-state index in [2.05, 4.69) is 0 Å². The van der Waals surface area contributed by atoms with Gasteiger partial charge in [0.1, 0.15) is 5.60 Å². The third kappa shape index (κ3) is 3.53. The number of carbonyl (C=O) groups excluding carboxylic acids is 1. The molecular weight excluding hydrogens is 334 g/mol. The van der Waals surface area contributed by atoms with Crippen LogP contribution in [0.4, 0.5) is 0 Å². The average molecular weight is 363 g/mol. The molecule has 0 aliphatic heterocycles. The van der Waals surface area contributed by atoms with Crippen molar-refractivity contribution in [1.82, 2.24) is 0 Å². The molecule has 2 unspecified atom stereocenters. The summed E-state index contributed by atoms with van der Waals surface area (Å²) in [5.41, 5.74) is -2.25. The normalized spacial score (nSPS) is 40.2. The second kappa shape index (κ2) is 5.01. The highest BCUT2D eigenvalue weighted by Crippen LogP contribution is 2.61. The zero-order valence-corrected chi connectivity index (χ0v) is 15.4. The van der Waals surface area contributed by atoms with Gasteiger partial charge in [-0.25, -0.2) is 5.14 Å². The second-order valence-corrected chi connectivity index (χ2v) is 10.8. The molecule has 0 spiro atoms. The first-order valence-electron chi connectivity index (χ1n) is 8.63. The maximum absolute atomic E-state index is 12.6. The standard InChI is InChI=1S/C16H29NO6S/c1-4-14(2,3)13(18)22-15-6-11-5-12(7-15)9-16(8-11,10-15)23-24(17,19,20)21/h11-12H,4-10H2,1-3H3,(H4,17,19,20,21). The van der Waals surface area contributed by atoms with Crippen molar-refractivity contribution in [2.24, 2.45) is 22.4 Å². The summed E-state index contributed by atoms with van der Waals surface area (Å²) in [7, 11) is -5.56. The summed E-state index contributed by atoms with van der Waals surface area (Å²) in [5, 5.41) is 5.07. The molecule has 0 aromatic rings. The Kier molecular flexibility index (Phi) is 3.81. The lowest BCUT2D eigenvalue weighted by Gasteiger charge is -2.61. The van der Waals surface area contributed by atoms with Crippen LogP contribution < -0.4 is 5.14 Å². The van der Waals surface area contributed by atoms with Gasteiger partial charge in [0.15, 0.2) is 0 Å². The van der Waals surface area contributed by atoms with Crippen molar-refractivity contribution < 1.29 is 27.0 Å². The van der Waals surface area contributed by atoms with Crippen molar-refractivity contribution in [3.05, 3.63) is 0 Å². The molecule has 0 aromatic carbocycles. The first-order chi connectivity index (χ1) is 10.7. The van der Waals surface area contributed by atoms with Crippen LogP contribution in [0.1, 0.15) is 65.7 Å². The van der Waals surface area contributed by atoms with Gasteiger partial charge < -0.3 is 4.74 Å². The van der Waals surface area contributed by atoms with E-state index in [1.165, 1.54) is 0 Å². The number of rotatable bonds is 5. The number of hydrogen-bond donors (Lipinski definition) is 3. The number of esters is 1. The molecule has 2 atom stereocenters. The summed E-state index contributed by atoms with van der Waals surface area (Å²) < 4.78 is 42.0. The lowest BCUT2D eigenvalue weighted by molar-refractivity contribution is -0.221. The van der Waals surface area contributed by atoms with Crippen LogP contribution in [0.25, 0.3) is 0 Å². The molecule has 4 rings (SSSR count). The van der Waals surface area contributed by atoms with Gasteiger partial charge in [0.2, 0.25) is 10.1 Å². The number of nitrogens with two attached hydrogens (primary N) is 1. The third-order valence-electron chi connectivity index (χ3n) is 6.03. The zero-order valence-electron chi connectivity index (χ0n) is 14.6. The SMILES string of the molecule is CCC(C)(C)C(=O)OC12CC3CC(C1)CC(OS(N)(=O)(O)O)(C3)C2. The Hall–Kier alpha value is -0.540. The lowest BCUT2D eigenvalue weighted by atomic mass is 9.52. The predicted molar refractivity (Wildman–Crippen MR) is 89.0 cm³/mol. The molecular formula is C16H29NO6S. The van der Waals surface area contributed by atoms with Crippen LogP contribution in [0.2, 0.25) is 0 Å². The van der Waals surface area contributed by atoms with Gasteiger partial charge in [-0.2, -0.15) is 4.21 Å². The summed E-state index contributed by atoms with van der Waals surface area (Å²) in [6.45, 7) is 5.65. The van der Waals surface area contributed by atoms with Crippen molar-refractivity contribution in [3.63, 3.8) is 0 Å². The minimum atomic E-state index is -5.56. The van der Waals surface area contributed by atoms with E-state index in [9.17, 15) is 18.1 Å². The van der Waals surface area contributed by atoms with E-state index in [0.717, 1.165) is 19.3 Å². The first kappa shape index (κ1) is 18.3. The van der Waals surface area contributed by atoms with E-state index in [0.29, 0.717) is 25.7 Å². The van der Waals surface area contributed by atoms with Gasteiger partial charge in [-0.05, 0) is 64.2 Å². The quantitative estimate of drug-likeness (QED) is 0.646. The molecule has 0 heterocycles. The van der Waals surface area contributed by atoms with Crippen molar-refractivity contribution in [2.75, 3.05) is 0 Å². The summed E-state index contributed by atoms with van der Waals surface area (Å²) >= 11 is 0. The summed E-state index contributed by atoms with van der Waals surface area (Å²) in [4.78, 5) is 12.6. The molecule has 0 aromatic heterocycles. The molecule has 4 N–H and O–H groups in total. The van der Waals surface area contributed by atoms with Gasteiger partial charge in [0.25, 0.3) is 0 Å². The van der Waals surface area contributed by atoms with Crippen molar-refractivity contribution >= 4 is 16.1 Å². The molecule has 0 amide bonds. The van der Waals surface area contributed by atoms with E-state index in [1.54, 1.807) is 0 Å². The largest absolute Gasteiger partial charge is 0.459 e. The molecule has 24 heavy (non-hydrogen) atoms. The Balaban J connectivity index is 1.86. The third-order valence-corrected chi connectivity index (χ3v) is 6.70. The molecule has 8 heteroatoms. The fraction of sp³-hybridized carbons (Fsp3) is 0.938. The second-order valence-electron chi connectivity index (χ2n) is 8.89. The smallest absolute Gasteiger partial charge is 0.312 e. The number of carbonyl (C=O) groups is 1. The Morgan fingerprint density at radius 3 is 2.17 bits per heavy atom. The van der Waals surface area contributed by atoms with Crippen LogP contribution in [-0.4, -0.2) is 30.5 Å². The maximum Gasteiger partial charge on any atom is 0.312 e. The van der Waals surface area contributed by atoms with Crippen LogP contribution in [0, 0.1) is 17.3 Å². The summed E-state index contributed by atoms with van der Waals surface area (Å²) in [6, 6.07) is 0. The Morgan fingerprint density at radius 2 is 1.71 bits per heavy atom. The number of hydrogen-bond acceptors (Lipinski definition) is 4. The van der Waals surface area contributed by atoms with E-state index in [1.807, 2.05) is 20.8 Å². The van der Waals surface area contributed by atoms with Gasteiger partial charge in [0, 0.05) is 6.42 Å². The van der Waals surface area contributed by atoms with Gasteiger partial charge in [-0.1, -0.05) is 6.92 Å². The molecule has 7 nitrogen and oxygen atoms in total. The highest BCUT2D eigenvalue weighted by molar-refractivity contribution is 8.03. The van der Waals surface area contributed by atoms with Crippen LogP contribution in [0.5, 0.6) is 0 Å². The van der Waals surface area contributed by atoms with E-state index >= 15 is 0 Å². The van der Waals surface area contributed by atoms with Gasteiger partial charge >= 0.3 is 5.97 Å². The Labute approximate surface area is 143 Å². The Bertz CT molecular complexity index is 599. The molecule has 4 aliphatic rings. The molecule has 140 valence electrons.